The van der Waals surface area contributed by atoms with Crippen LogP contribution in [0.1, 0.15) is 25.7 Å². The fourth-order valence-electron chi connectivity index (χ4n) is 2.19. The average Bonchev–Trinajstić information content (AvgIpc) is 2.30. The number of anilines is 1. The highest BCUT2D eigenvalue weighted by atomic mass is 16.1. The van der Waals surface area contributed by atoms with Crippen molar-refractivity contribution in [1.29, 1.82) is 0 Å². The van der Waals surface area contributed by atoms with E-state index in [2.05, 4.69) is 36.2 Å². The number of hydrogen-bond donors (Lipinski definition) is 0. The van der Waals surface area contributed by atoms with Crippen LogP contribution in [-0.2, 0) is 4.79 Å². The van der Waals surface area contributed by atoms with Crippen molar-refractivity contribution < 1.29 is 4.79 Å². The smallest absolute Gasteiger partial charge is 0.133 e. The molecule has 0 aliphatic heterocycles. The summed E-state index contributed by atoms with van der Waals surface area (Å²) in [5.74, 6) is 0.424. The number of carbonyl (C=O) groups is 1. The fourth-order valence-corrected chi connectivity index (χ4v) is 2.19. The first-order valence-corrected chi connectivity index (χ1v) is 5.57. The molecule has 0 heterocycles. The van der Waals surface area contributed by atoms with E-state index in [1.165, 1.54) is 5.69 Å². The van der Waals surface area contributed by atoms with Crippen molar-refractivity contribution in [3.63, 3.8) is 0 Å². The molecule has 15 heavy (non-hydrogen) atoms. The van der Waals surface area contributed by atoms with Gasteiger partial charge in [-0.1, -0.05) is 18.2 Å². The Bertz CT molecular complexity index is 324. The van der Waals surface area contributed by atoms with Crippen molar-refractivity contribution in [2.24, 2.45) is 0 Å². The number of nitrogens with zero attached hydrogens (tertiary/aromatic N) is 1. The van der Waals surface area contributed by atoms with Crippen molar-refractivity contribution in [3.8, 4) is 0 Å². The van der Waals surface area contributed by atoms with Gasteiger partial charge in [-0.2, -0.15) is 0 Å². The van der Waals surface area contributed by atoms with E-state index in [4.69, 9.17) is 0 Å². The van der Waals surface area contributed by atoms with E-state index in [0.717, 1.165) is 25.7 Å². The van der Waals surface area contributed by atoms with Crippen LogP contribution in [0.3, 0.4) is 0 Å². The molecule has 0 bridgehead atoms. The minimum atomic E-state index is 0.424. The van der Waals surface area contributed by atoms with Gasteiger partial charge in [-0.3, -0.25) is 4.79 Å². The normalized spacial score (nSPS) is 17.8. The Morgan fingerprint density at radius 2 is 1.73 bits per heavy atom. The number of ketones is 1. The Morgan fingerprint density at radius 1 is 1.13 bits per heavy atom. The van der Waals surface area contributed by atoms with Gasteiger partial charge in [0.05, 0.1) is 0 Å². The number of para-hydroxylation sites is 1. The predicted molar refractivity (Wildman–Crippen MR) is 62.1 cm³/mol. The lowest BCUT2D eigenvalue weighted by atomic mass is 9.93. The van der Waals surface area contributed by atoms with Crippen LogP contribution >= 0.6 is 0 Å². The third kappa shape index (κ3) is 2.38. The number of rotatable bonds is 2. The quantitative estimate of drug-likeness (QED) is 0.736. The molecule has 0 aromatic heterocycles. The molecule has 0 N–H and O–H groups in total. The number of carbonyl (C=O) groups excluding carboxylic acids is 1. The van der Waals surface area contributed by atoms with Gasteiger partial charge in [0.15, 0.2) is 0 Å². The Hall–Kier alpha value is -1.31. The molecule has 1 saturated carbocycles. The summed E-state index contributed by atoms with van der Waals surface area (Å²) in [6, 6.07) is 10.9. The lowest BCUT2D eigenvalue weighted by molar-refractivity contribution is -0.120. The van der Waals surface area contributed by atoms with E-state index in [1.54, 1.807) is 0 Å². The monoisotopic (exact) mass is 203 g/mol. The first-order chi connectivity index (χ1) is 7.27. The second-order valence-corrected chi connectivity index (χ2v) is 4.22. The van der Waals surface area contributed by atoms with Crippen molar-refractivity contribution in [2.75, 3.05) is 11.9 Å². The lowest BCUT2D eigenvalue weighted by Crippen LogP contribution is -2.35. The highest BCUT2D eigenvalue weighted by Crippen LogP contribution is 2.24. The van der Waals surface area contributed by atoms with Crippen molar-refractivity contribution in [3.05, 3.63) is 30.3 Å². The van der Waals surface area contributed by atoms with E-state index < -0.39 is 0 Å². The summed E-state index contributed by atoms with van der Waals surface area (Å²) in [6.07, 6.45) is 3.51. The molecule has 0 radical (unpaired) electrons. The van der Waals surface area contributed by atoms with Crippen LogP contribution in [0.2, 0.25) is 0 Å². The van der Waals surface area contributed by atoms with Gasteiger partial charge in [-0.05, 0) is 25.0 Å². The molecule has 80 valence electrons. The molecule has 1 aromatic carbocycles. The fraction of sp³-hybridized carbons (Fsp3) is 0.462. The molecule has 0 atom stereocenters. The summed E-state index contributed by atoms with van der Waals surface area (Å²) < 4.78 is 0. The van der Waals surface area contributed by atoms with Crippen LogP contribution in [0.25, 0.3) is 0 Å². The highest BCUT2D eigenvalue weighted by Gasteiger charge is 2.21. The molecule has 2 rings (SSSR count). The Morgan fingerprint density at radius 3 is 2.33 bits per heavy atom. The maximum absolute atomic E-state index is 11.1. The summed E-state index contributed by atoms with van der Waals surface area (Å²) in [5, 5.41) is 0. The molecule has 1 aromatic rings. The van der Waals surface area contributed by atoms with Crippen molar-refractivity contribution >= 4 is 11.5 Å². The van der Waals surface area contributed by atoms with Gasteiger partial charge in [0.1, 0.15) is 5.78 Å². The first kappa shape index (κ1) is 10.2. The first-order valence-electron chi connectivity index (χ1n) is 5.57. The zero-order chi connectivity index (χ0) is 10.7. The van der Waals surface area contributed by atoms with Crippen LogP contribution in [0, 0.1) is 0 Å². The predicted octanol–water partition coefficient (Wildman–Crippen LogP) is 2.63. The second-order valence-electron chi connectivity index (χ2n) is 4.22. The Balaban J connectivity index is 2.02. The van der Waals surface area contributed by atoms with Crippen molar-refractivity contribution in [2.45, 2.75) is 31.7 Å². The van der Waals surface area contributed by atoms with Gasteiger partial charge in [-0.15, -0.1) is 0 Å². The molecule has 1 aliphatic carbocycles. The summed E-state index contributed by atoms with van der Waals surface area (Å²) in [5.41, 5.74) is 1.25. The summed E-state index contributed by atoms with van der Waals surface area (Å²) in [6.45, 7) is 0. The molecule has 0 amide bonds. The number of Topliss-reactive ketones (excluding diaryl/α,β-unsaturated/α-hetero) is 1. The molecule has 1 fully saturated rings. The molecule has 2 nitrogen and oxygen atoms in total. The SMILES string of the molecule is CN(c1ccccc1)C1CCC(=O)CC1. The van der Waals surface area contributed by atoms with E-state index in [0.29, 0.717) is 11.8 Å². The van der Waals surface area contributed by atoms with E-state index in [-0.39, 0.29) is 0 Å². The average molecular weight is 203 g/mol. The summed E-state index contributed by atoms with van der Waals surface area (Å²) >= 11 is 0. The zero-order valence-corrected chi connectivity index (χ0v) is 9.15. The minimum absolute atomic E-state index is 0.424. The molecule has 2 heteroatoms. The zero-order valence-electron chi connectivity index (χ0n) is 9.15. The molecule has 1 aliphatic rings. The van der Waals surface area contributed by atoms with Crippen LogP contribution < -0.4 is 4.90 Å². The third-order valence-electron chi connectivity index (χ3n) is 3.22. The standard InChI is InChI=1S/C13H17NO/c1-14(11-5-3-2-4-6-11)12-7-9-13(15)10-8-12/h2-6,12H,7-10H2,1H3. The maximum Gasteiger partial charge on any atom is 0.133 e. The summed E-state index contributed by atoms with van der Waals surface area (Å²) in [4.78, 5) is 13.4. The second kappa shape index (κ2) is 4.47. The van der Waals surface area contributed by atoms with Crippen LogP contribution in [0.4, 0.5) is 5.69 Å². The lowest BCUT2D eigenvalue weighted by Gasteiger charge is -2.32. The minimum Gasteiger partial charge on any atom is -0.372 e. The van der Waals surface area contributed by atoms with Gasteiger partial charge < -0.3 is 4.90 Å². The van der Waals surface area contributed by atoms with Crippen LogP contribution in [0.15, 0.2) is 30.3 Å². The summed E-state index contributed by atoms with van der Waals surface area (Å²) in [7, 11) is 2.12. The molecule has 0 spiro atoms. The van der Waals surface area contributed by atoms with Crippen LogP contribution in [-0.4, -0.2) is 18.9 Å². The van der Waals surface area contributed by atoms with Crippen molar-refractivity contribution in [1.82, 2.24) is 0 Å². The van der Waals surface area contributed by atoms with Gasteiger partial charge >= 0.3 is 0 Å². The number of hydrogen-bond acceptors (Lipinski definition) is 2. The topological polar surface area (TPSA) is 20.3 Å². The molecule has 0 unspecified atom stereocenters. The Kier molecular flexibility index (Phi) is 3.05. The van der Waals surface area contributed by atoms with E-state index in [9.17, 15) is 4.79 Å². The largest absolute Gasteiger partial charge is 0.372 e. The maximum atomic E-state index is 11.1. The highest BCUT2D eigenvalue weighted by molar-refractivity contribution is 5.79. The molecule has 0 saturated heterocycles. The van der Waals surface area contributed by atoms with Gasteiger partial charge in [-0.25, -0.2) is 0 Å². The third-order valence-corrected chi connectivity index (χ3v) is 3.22. The molecular weight excluding hydrogens is 186 g/mol. The van der Waals surface area contributed by atoms with E-state index >= 15 is 0 Å². The van der Waals surface area contributed by atoms with Gasteiger partial charge in [0, 0.05) is 31.6 Å². The molecular formula is C13H17NO. The van der Waals surface area contributed by atoms with Crippen LogP contribution in [0.5, 0.6) is 0 Å². The number of benzene rings is 1. The van der Waals surface area contributed by atoms with Gasteiger partial charge in [0.2, 0.25) is 0 Å². The van der Waals surface area contributed by atoms with E-state index in [1.807, 2.05) is 6.07 Å². The Labute approximate surface area is 90.9 Å². The van der Waals surface area contributed by atoms with Gasteiger partial charge in [0.25, 0.3) is 0 Å².